The van der Waals surface area contributed by atoms with Gasteiger partial charge in [0.05, 0.1) is 0 Å². The highest BCUT2D eigenvalue weighted by molar-refractivity contribution is 5.04. The first-order valence-corrected chi connectivity index (χ1v) is 15.3. The van der Waals surface area contributed by atoms with Crippen LogP contribution >= 0.6 is 0 Å². The zero-order chi connectivity index (χ0) is 23.4. The maximum Gasteiger partial charge on any atom is -0.00965 e. The minimum absolute atomic E-state index is 0.297. The Morgan fingerprint density at radius 1 is 0.879 bits per heavy atom. The van der Waals surface area contributed by atoms with Crippen LogP contribution in [0.2, 0.25) is 0 Å². The molecule has 188 valence electrons. The van der Waals surface area contributed by atoms with Crippen molar-refractivity contribution < 1.29 is 0 Å². The lowest BCUT2D eigenvalue weighted by molar-refractivity contribution is 0.0931. The van der Waals surface area contributed by atoms with Crippen molar-refractivity contribution in [2.24, 2.45) is 58.7 Å². The maximum absolute atomic E-state index is 3.36. The molecule has 0 aliphatic heterocycles. The number of rotatable bonds is 9. The van der Waals surface area contributed by atoms with E-state index in [4.69, 9.17) is 0 Å². The highest BCUT2D eigenvalue weighted by atomic mass is 14.6. The summed E-state index contributed by atoms with van der Waals surface area (Å²) in [5.74, 6) is 9.47. The fourth-order valence-corrected chi connectivity index (χ4v) is 8.95. The molecule has 4 fully saturated rings. The van der Waals surface area contributed by atoms with Gasteiger partial charge in [-0.2, -0.15) is 0 Å². The van der Waals surface area contributed by atoms with Crippen molar-refractivity contribution in [2.45, 2.75) is 131 Å². The van der Waals surface area contributed by atoms with Gasteiger partial charge in [-0.3, -0.25) is 0 Å². The monoisotopic (exact) mass is 452 g/mol. The van der Waals surface area contributed by atoms with E-state index in [0.717, 1.165) is 53.3 Å². The molecule has 0 amide bonds. The molecule has 0 aromatic carbocycles. The van der Waals surface area contributed by atoms with Crippen LogP contribution in [0.4, 0.5) is 0 Å². The highest BCUT2D eigenvalue weighted by Gasteiger charge is 2.55. The summed E-state index contributed by atoms with van der Waals surface area (Å²) < 4.78 is 0. The van der Waals surface area contributed by atoms with Crippen molar-refractivity contribution >= 4 is 0 Å². The molecular formula is C33H56. The molecule has 8 unspecified atom stereocenters. The molecule has 0 nitrogen and oxygen atoms in total. The molecule has 0 aromatic heterocycles. The number of hydrogen-bond donors (Lipinski definition) is 0. The smallest absolute Gasteiger partial charge is 0.00965 e. The molecule has 0 radical (unpaired) electrons. The van der Waals surface area contributed by atoms with Crippen LogP contribution in [-0.4, -0.2) is 0 Å². The minimum Gasteiger partial charge on any atom is -0.129 e. The first kappa shape index (κ1) is 25.6. The minimum atomic E-state index is 0.297. The molecule has 0 saturated heterocycles. The van der Waals surface area contributed by atoms with Gasteiger partial charge < -0.3 is 0 Å². The second-order valence-electron chi connectivity index (χ2n) is 13.9. The summed E-state index contributed by atoms with van der Waals surface area (Å²) in [7, 11) is 0. The van der Waals surface area contributed by atoms with E-state index in [1.54, 1.807) is 32.1 Å². The van der Waals surface area contributed by atoms with Gasteiger partial charge in [-0.25, -0.2) is 0 Å². The Hall–Kier alpha value is -0.480. The summed E-state index contributed by atoms with van der Waals surface area (Å²) in [4.78, 5) is 0. The molecule has 4 aliphatic rings. The van der Waals surface area contributed by atoms with Gasteiger partial charge in [-0.1, -0.05) is 98.3 Å². The van der Waals surface area contributed by atoms with Crippen LogP contribution in [-0.2, 0) is 0 Å². The average molecular weight is 453 g/mol. The number of fused-ring (bicyclic) bond motifs is 1. The molecule has 0 N–H and O–H groups in total. The SMILES string of the molecule is CC=C=CC(C)(C)CC1CCCCC(C(C)C(CCC2C3CCC(C)C32)C2CCC2)CCC1. The first-order valence-electron chi connectivity index (χ1n) is 15.3. The van der Waals surface area contributed by atoms with E-state index >= 15 is 0 Å². The Labute approximate surface area is 207 Å². The lowest BCUT2D eigenvalue weighted by Gasteiger charge is -2.41. The zero-order valence-electron chi connectivity index (χ0n) is 23.0. The van der Waals surface area contributed by atoms with Crippen LogP contribution in [0.5, 0.6) is 0 Å². The molecule has 0 heteroatoms. The van der Waals surface area contributed by atoms with Gasteiger partial charge in [0.1, 0.15) is 0 Å². The predicted octanol–water partition coefficient (Wildman–Crippen LogP) is 10.2. The fraction of sp³-hybridized carbons (Fsp3) is 0.909. The molecule has 0 aromatic rings. The van der Waals surface area contributed by atoms with Crippen molar-refractivity contribution in [3.05, 3.63) is 17.9 Å². The van der Waals surface area contributed by atoms with Crippen molar-refractivity contribution in [1.29, 1.82) is 0 Å². The van der Waals surface area contributed by atoms with E-state index in [1.807, 2.05) is 0 Å². The van der Waals surface area contributed by atoms with Gasteiger partial charge in [0.15, 0.2) is 0 Å². The summed E-state index contributed by atoms with van der Waals surface area (Å²) in [6.07, 6.45) is 27.0. The average Bonchev–Trinajstić information content (AvgIpc) is 3.27. The van der Waals surface area contributed by atoms with Gasteiger partial charge in [-0.05, 0) is 103 Å². The molecule has 4 aliphatic carbocycles. The summed E-state index contributed by atoms with van der Waals surface area (Å²) >= 11 is 0. The Kier molecular flexibility index (Phi) is 8.93. The van der Waals surface area contributed by atoms with Crippen LogP contribution in [0.25, 0.3) is 0 Å². The van der Waals surface area contributed by atoms with Gasteiger partial charge in [-0.15, -0.1) is 5.73 Å². The van der Waals surface area contributed by atoms with Crippen LogP contribution in [0.1, 0.15) is 131 Å². The van der Waals surface area contributed by atoms with Crippen LogP contribution in [0.15, 0.2) is 17.9 Å². The van der Waals surface area contributed by atoms with Gasteiger partial charge in [0.25, 0.3) is 0 Å². The third kappa shape index (κ3) is 6.60. The van der Waals surface area contributed by atoms with E-state index in [0.29, 0.717) is 5.41 Å². The summed E-state index contributed by atoms with van der Waals surface area (Å²) in [5.41, 5.74) is 3.66. The molecule has 4 saturated carbocycles. The number of allylic oxidation sites excluding steroid dienone is 1. The molecule has 0 heterocycles. The predicted molar refractivity (Wildman–Crippen MR) is 144 cm³/mol. The lowest BCUT2D eigenvalue weighted by atomic mass is 9.64. The molecule has 33 heavy (non-hydrogen) atoms. The molecule has 4 rings (SSSR count). The Balaban J connectivity index is 1.29. The third-order valence-electron chi connectivity index (χ3n) is 11.1. The van der Waals surface area contributed by atoms with Crippen LogP contribution in [0.3, 0.4) is 0 Å². The molecular weight excluding hydrogens is 396 g/mol. The van der Waals surface area contributed by atoms with Crippen molar-refractivity contribution in [1.82, 2.24) is 0 Å². The highest BCUT2D eigenvalue weighted by Crippen LogP contribution is 2.62. The normalized spacial score (nSPS) is 36.9. The molecule has 8 atom stereocenters. The van der Waals surface area contributed by atoms with E-state index in [1.165, 1.54) is 64.2 Å². The Morgan fingerprint density at radius 3 is 2.21 bits per heavy atom. The standard InChI is InChI=1S/C33H56/c1-6-7-22-33(4,5)23-26-12-8-9-14-27(15-10-13-26)25(3)29(28-16-11-17-28)20-21-31-30-19-18-24(2)32(30)31/h6,22,24-32H,8-21,23H2,1-5H3. The van der Waals surface area contributed by atoms with E-state index in [9.17, 15) is 0 Å². The first-order chi connectivity index (χ1) is 15.9. The third-order valence-corrected chi connectivity index (χ3v) is 11.1. The van der Waals surface area contributed by atoms with E-state index < -0.39 is 0 Å². The molecule has 0 bridgehead atoms. The fourth-order valence-electron chi connectivity index (χ4n) is 8.95. The van der Waals surface area contributed by atoms with E-state index in [2.05, 4.69) is 52.5 Å². The molecule has 0 spiro atoms. The number of hydrogen-bond acceptors (Lipinski definition) is 0. The van der Waals surface area contributed by atoms with E-state index in [-0.39, 0.29) is 0 Å². The second-order valence-corrected chi connectivity index (χ2v) is 13.9. The Morgan fingerprint density at radius 2 is 1.55 bits per heavy atom. The second kappa shape index (κ2) is 11.5. The van der Waals surface area contributed by atoms with Crippen LogP contribution in [0, 0.1) is 58.7 Å². The summed E-state index contributed by atoms with van der Waals surface area (Å²) in [6.45, 7) is 12.2. The van der Waals surface area contributed by atoms with Gasteiger partial charge >= 0.3 is 0 Å². The van der Waals surface area contributed by atoms with Crippen molar-refractivity contribution in [3.63, 3.8) is 0 Å². The van der Waals surface area contributed by atoms with Crippen LogP contribution < -0.4 is 0 Å². The Bertz CT molecular complexity index is 660. The summed E-state index contributed by atoms with van der Waals surface area (Å²) in [5, 5.41) is 0. The quantitative estimate of drug-likeness (QED) is 0.305. The van der Waals surface area contributed by atoms with Gasteiger partial charge in [0.2, 0.25) is 0 Å². The van der Waals surface area contributed by atoms with Crippen molar-refractivity contribution in [2.75, 3.05) is 0 Å². The maximum atomic E-state index is 3.36. The lowest BCUT2D eigenvalue weighted by Crippen LogP contribution is -2.31. The van der Waals surface area contributed by atoms with Gasteiger partial charge in [0, 0.05) is 0 Å². The van der Waals surface area contributed by atoms with Crippen molar-refractivity contribution in [3.8, 4) is 0 Å². The summed E-state index contributed by atoms with van der Waals surface area (Å²) in [6, 6.07) is 0. The zero-order valence-corrected chi connectivity index (χ0v) is 23.0. The topological polar surface area (TPSA) is 0 Å². The largest absolute Gasteiger partial charge is 0.129 e.